The molecule has 1 aromatic heterocycles. The third-order valence-electron chi connectivity index (χ3n) is 3.36. The summed E-state index contributed by atoms with van der Waals surface area (Å²) in [5, 5.41) is 0.825. The van der Waals surface area contributed by atoms with Gasteiger partial charge in [-0.2, -0.15) is 0 Å². The fraction of sp³-hybridized carbons (Fsp3) is 0.308. The zero-order valence-electron chi connectivity index (χ0n) is 8.96. The quantitative estimate of drug-likeness (QED) is 0.770. The Hall–Kier alpha value is -1.64. The number of hydrogen-bond donors (Lipinski definition) is 1. The number of carbonyl (C=O) groups is 1. The molecule has 3 rings (SSSR count). The van der Waals surface area contributed by atoms with Gasteiger partial charge in [-0.25, -0.2) is 4.39 Å². The van der Waals surface area contributed by atoms with Crippen LogP contribution in [-0.4, -0.2) is 10.8 Å². The maximum atomic E-state index is 13.0. The van der Waals surface area contributed by atoms with Crippen LogP contribution in [0.15, 0.2) is 24.4 Å². The van der Waals surface area contributed by atoms with Crippen molar-refractivity contribution in [3.8, 4) is 0 Å². The van der Waals surface area contributed by atoms with Crippen molar-refractivity contribution in [3.63, 3.8) is 0 Å². The SMILES string of the molecule is CC1CC1C(=O)c1c[nH]c2cc(F)ccc12. The molecule has 1 saturated carbocycles. The summed E-state index contributed by atoms with van der Waals surface area (Å²) >= 11 is 0. The Morgan fingerprint density at radius 3 is 2.94 bits per heavy atom. The van der Waals surface area contributed by atoms with Crippen LogP contribution < -0.4 is 0 Å². The molecule has 3 heteroatoms. The van der Waals surface area contributed by atoms with Crippen LogP contribution in [0.3, 0.4) is 0 Å². The minimum Gasteiger partial charge on any atom is -0.360 e. The monoisotopic (exact) mass is 217 g/mol. The van der Waals surface area contributed by atoms with E-state index in [1.807, 2.05) is 0 Å². The number of aromatic amines is 1. The summed E-state index contributed by atoms with van der Waals surface area (Å²) in [4.78, 5) is 15.0. The molecule has 0 saturated heterocycles. The van der Waals surface area contributed by atoms with Crippen LogP contribution in [0.5, 0.6) is 0 Å². The highest BCUT2D eigenvalue weighted by Gasteiger charge is 2.40. The number of nitrogens with one attached hydrogen (secondary N) is 1. The molecule has 2 unspecified atom stereocenters. The van der Waals surface area contributed by atoms with Crippen LogP contribution in [0.25, 0.3) is 10.9 Å². The average molecular weight is 217 g/mol. The molecule has 1 N–H and O–H groups in total. The first kappa shape index (κ1) is 9.58. The molecule has 0 radical (unpaired) electrons. The summed E-state index contributed by atoms with van der Waals surface area (Å²) < 4.78 is 13.0. The van der Waals surface area contributed by atoms with Crippen molar-refractivity contribution in [2.24, 2.45) is 11.8 Å². The number of hydrogen-bond acceptors (Lipinski definition) is 1. The van der Waals surface area contributed by atoms with E-state index in [9.17, 15) is 9.18 Å². The van der Waals surface area contributed by atoms with Crippen molar-refractivity contribution in [1.82, 2.24) is 4.98 Å². The lowest BCUT2D eigenvalue weighted by Gasteiger charge is -1.96. The van der Waals surface area contributed by atoms with Gasteiger partial charge in [-0.1, -0.05) is 6.92 Å². The number of rotatable bonds is 2. The van der Waals surface area contributed by atoms with Gasteiger partial charge in [-0.05, 0) is 30.5 Å². The van der Waals surface area contributed by atoms with Crippen molar-refractivity contribution in [1.29, 1.82) is 0 Å². The van der Waals surface area contributed by atoms with E-state index in [0.29, 0.717) is 17.0 Å². The Bertz CT molecular complexity index is 572. The Morgan fingerprint density at radius 2 is 2.25 bits per heavy atom. The normalized spacial score (nSPS) is 23.6. The third-order valence-corrected chi connectivity index (χ3v) is 3.36. The van der Waals surface area contributed by atoms with Crippen LogP contribution in [0.1, 0.15) is 23.7 Å². The second-order valence-corrected chi connectivity index (χ2v) is 4.58. The maximum Gasteiger partial charge on any atom is 0.168 e. The maximum absolute atomic E-state index is 13.0. The summed E-state index contributed by atoms with van der Waals surface area (Å²) in [5.74, 6) is 0.570. The van der Waals surface area contributed by atoms with E-state index in [2.05, 4.69) is 11.9 Å². The van der Waals surface area contributed by atoms with Crippen molar-refractivity contribution < 1.29 is 9.18 Å². The second-order valence-electron chi connectivity index (χ2n) is 4.58. The first-order valence-electron chi connectivity index (χ1n) is 5.47. The summed E-state index contributed by atoms with van der Waals surface area (Å²) in [6.45, 7) is 2.08. The Kier molecular flexibility index (Phi) is 1.90. The van der Waals surface area contributed by atoms with Crippen molar-refractivity contribution in [2.45, 2.75) is 13.3 Å². The van der Waals surface area contributed by atoms with Crippen molar-refractivity contribution in [3.05, 3.63) is 35.8 Å². The van der Waals surface area contributed by atoms with Gasteiger partial charge in [0, 0.05) is 28.6 Å². The van der Waals surface area contributed by atoms with Gasteiger partial charge in [-0.3, -0.25) is 4.79 Å². The van der Waals surface area contributed by atoms with E-state index in [1.165, 1.54) is 12.1 Å². The van der Waals surface area contributed by atoms with Gasteiger partial charge < -0.3 is 4.98 Å². The fourth-order valence-electron chi connectivity index (χ4n) is 2.19. The highest BCUT2D eigenvalue weighted by molar-refractivity contribution is 6.09. The van der Waals surface area contributed by atoms with Crippen molar-refractivity contribution >= 4 is 16.7 Å². The molecule has 0 amide bonds. The highest BCUT2D eigenvalue weighted by Crippen LogP contribution is 2.41. The Labute approximate surface area is 92.5 Å². The van der Waals surface area contributed by atoms with Crippen LogP contribution in [0, 0.1) is 17.7 Å². The molecule has 1 aliphatic carbocycles. The average Bonchev–Trinajstić information content (AvgIpc) is 2.84. The zero-order chi connectivity index (χ0) is 11.3. The first-order valence-corrected chi connectivity index (χ1v) is 5.47. The van der Waals surface area contributed by atoms with Gasteiger partial charge in [0.05, 0.1) is 0 Å². The molecule has 0 aliphatic heterocycles. The summed E-state index contributed by atoms with van der Waals surface area (Å²) in [5.41, 5.74) is 1.39. The molecule has 82 valence electrons. The van der Waals surface area contributed by atoms with Crippen LogP contribution >= 0.6 is 0 Å². The summed E-state index contributed by atoms with van der Waals surface area (Å²) in [6, 6.07) is 4.48. The van der Waals surface area contributed by atoms with Gasteiger partial charge in [0.25, 0.3) is 0 Å². The number of fused-ring (bicyclic) bond motifs is 1. The molecule has 1 fully saturated rings. The van der Waals surface area contributed by atoms with E-state index in [-0.39, 0.29) is 17.5 Å². The summed E-state index contributed by atoms with van der Waals surface area (Å²) in [6.07, 6.45) is 2.67. The van der Waals surface area contributed by atoms with Gasteiger partial charge >= 0.3 is 0 Å². The molecule has 2 nitrogen and oxygen atoms in total. The minimum atomic E-state index is -0.284. The van der Waals surface area contributed by atoms with E-state index < -0.39 is 0 Å². The van der Waals surface area contributed by atoms with E-state index in [1.54, 1.807) is 12.3 Å². The lowest BCUT2D eigenvalue weighted by Crippen LogP contribution is -2.01. The molecule has 1 heterocycles. The van der Waals surface area contributed by atoms with E-state index >= 15 is 0 Å². The summed E-state index contributed by atoms with van der Waals surface area (Å²) in [7, 11) is 0. The van der Waals surface area contributed by atoms with Crippen LogP contribution in [-0.2, 0) is 0 Å². The Balaban J connectivity index is 2.07. The van der Waals surface area contributed by atoms with Gasteiger partial charge in [0.2, 0.25) is 0 Å². The predicted molar refractivity (Wildman–Crippen MR) is 59.9 cm³/mol. The topological polar surface area (TPSA) is 32.9 Å². The molecule has 1 aliphatic rings. The number of H-pyrrole nitrogens is 1. The molecule has 16 heavy (non-hydrogen) atoms. The smallest absolute Gasteiger partial charge is 0.168 e. The lowest BCUT2D eigenvalue weighted by atomic mass is 10.1. The molecule has 0 bridgehead atoms. The van der Waals surface area contributed by atoms with E-state index in [4.69, 9.17) is 0 Å². The predicted octanol–water partition coefficient (Wildman–Crippen LogP) is 3.15. The lowest BCUT2D eigenvalue weighted by molar-refractivity contribution is 0.0964. The highest BCUT2D eigenvalue weighted by atomic mass is 19.1. The van der Waals surface area contributed by atoms with Gasteiger partial charge in [-0.15, -0.1) is 0 Å². The van der Waals surface area contributed by atoms with Gasteiger partial charge in [0.15, 0.2) is 5.78 Å². The van der Waals surface area contributed by atoms with Crippen LogP contribution in [0.2, 0.25) is 0 Å². The first-order chi connectivity index (χ1) is 7.66. The third kappa shape index (κ3) is 1.35. The molecule has 2 aromatic rings. The second kappa shape index (κ2) is 3.17. The fourth-order valence-corrected chi connectivity index (χ4v) is 2.19. The standard InChI is InChI=1S/C13H12FNO/c1-7-4-10(7)13(16)11-6-15-12-5-8(14)2-3-9(11)12/h2-3,5-7,10,15H,4H2,1H3. The molecular formula is C13H12FNO. The number of Topliss-reactive ketones (excluding diaryl/α,β-unsaturated/α-hetero) is 1. The number of halogens is 1. The minimum absolute atomic E-state index is 0.170. The van der Waals surface area contributed by atoms with E-state index in [0.717, 1.165) is 11.8 Å². The van der Waals surface area contributed by atoms with Crippen LogP contribution in [0.4, 0.5) is 4.39 Å². The van der Waals surface area contributed by atoms with Gasteiger partial charge in [0.1, 0.15) is 5.82 Å². The molecule has 0 spiro atoms. The molecule has 2 atom stereocenters. The molecule has 1 aromatic carbocycles. The number of benzene rings is 1. The number of aromatic nitrogens is 1. The number of ketones is 1. The van der Waals surface area contributed by atoms with Crippen molar-refractivity contribution in [2.75, 3.05) is 0 Å². The number of carbonyl (C=O) groups excluding carboxylic acids is 1. The largest absolute Gasteiger partial charge is 0.360 e. The molecular weight excluding hydrogens is 205 g/mol. The zero-order valence-corrected chi connectivity index (χ0v) is 8.96. The Morgan fingerprint density at radius 1 is 1.50 bits per heavy atom.